The van der Waals surface area contributed by atoms with E-state index in [1.54, 1.807) is 26.0 Å². The van der Waals surface area contributed by atoms with Crippen LogP contribution in [0.15, 0.2) is 12.1 Å². The molecule has 1 aromatic carbocycles. The number of anilines is 1. The van der Waals surface area contributed by atoms with E-state index in [0.717, 1.165) is 11.7 Å². The number of carbonyl (C=O) groups is 2. The smallest absolute Gasteiger partial charge is 0.307 e. The zero-order chi connectivity index (χ0) is 15.4. The summed E-state index contributed by atoms with van der Waals surface area (Å²) in [5.41, 5.74) is 0.992. The quantitative estimate of drug-likeness (QED) is 0.905. The Bertz CT molecular complexity index is 758. The van der Waals surface area contributed by atoms with Gasteiger partial charge in [0.05, 0.1) is 34.3 Å². The third kappa shape index (κ3) is 2.16. The number of benzene rings is 1. The standard InChI is InChI=1S/C13H12ClN3O3S/c1-13(2)7(8(13)12(19)20)11(18)15-9-5(14)3-4-6-10(9)17-21-16-6/h3-4,7-8H,1-2H3,(H,15,18)(H,19,20)/t7-,8+/m1/s1. The van der Waals surface area contributed by atoms with Crippen molar-refractivity contribution in [3.8, 4) is 0 Å². The van der Waals surface area contributed by atoms with Crippen LogP contribution in [0.25, 0.3) is 11.0 Å². The first kappa shape index (κ1) is 14.2. The molecule has 0 unspecified atom stereocenters. The fourth-order valence-electron chi connectivity index (χ4n) is 2.73. The summed E-state index contributed by atoms with van der Waals surface area (Å²) in [7, 11) is 0. The molecule has 1 aromatic heterocycles. The second-order valence-corrected chi connectivity index (χ2v) is 6.59. The second kappa shape index (κ2) is 4.64. The summed E-state index contributed by atoms with van der Waals surface area (Å²) in [6.45, 7) is 3.53. The van der Waals surface area contributed by atoms with Crippen molar-refractivity contribution < 1.29 is 14.7 Å². The molecule has 1 amide bonds. The van der Waals surface area contributed by atoms with Gasteiger partial charge in [0.2, 0.25) is 5.91 Å². The van der Waals surface area contributed by atoms with E-state index in [9.17, 15) is 9.59 Å². The van der Waals surface area contributed by atoms with Crippen molar-refractivity contribution in [2.75, 3.05) is 5.32 Å². The van der Waals surface area contributed by atoms with E-state index in [1.807, 2.05) is 0 Å². The van der Waals surface area contributed by atoms with Gasteiger partial charge in [0.25, 0.3) is 0 Å². The van der Waals surface area contributed by atoms with Crippen LogP contribution < -0.4 is 5.32 Å². The van der Waals surface area contributed by atoms with E-state index in [1.165, 1.54) is 0 Å². The number of nitrogens with one attached hydrogen (secondary N) is 1. The first-order valence-electron chi connectivity index (χ1n) is 6.28. The number of rotatable bonds is 3. The maximum Gasteiger partial charge on any atom is 0.307 e. The Morgan fingerprint density at radius 3 is 2.67 bits per heavy atom. The molecule has 2 atom stereocenters. The monoisotopic (exact) mass is 325 g/mol. The van der Waals surface area contributed by atoms with Gasteiger partial charge in [-0.1, -0.05) is 25.4 Å². The molecule has 0 saturated heterocycles. The molecule has 1 aliphatic rings. The molecule has 1 fully saturated rings. The normalized spacial score (nSPS) is 23.0. The molecule has 1 aliphatic carbocycles. The summed E-state index contributed by atoms with van der Waals surface area (Å²) < 4.78 is 8.20. The van der Waals surface area contributed by atoms with Gasteiger partial charge in [-0.25, -0.2) is 0 Å². The average Bonchev–Trinajstić information content (AvgIpc) is 2.78. The Kier molecular flexibility index (Phi) is 3.14. The second-order valence-electron chi connectivity index (χ2n) is 5.66. The first-order chi connectivity index (χ1) is 9.84. The number of halogens is 1. The van der Waals surface area contributed by atoms with Crippen molar-refractivity contribution >= 4 is 51.9 Å². The minimum atomic E-state index is -0.959. The largest absolute Gasteiger partial charge is 0.481 e. The molecule has 0 radical (unpaired) electrons. The molecule has 110 valence electrons. The Labute approximate surface area is 129 Å². The number of hydrogen-bond donors (Lipinski definition) is 2. The topological polar surface area (TPSA) is 92.2 Å². The summed E-state index contributed by atoms with van der Waals surface area (Å²) in [5.74, 6) is -2.56. The Hall–Kier alpha value is -1.73. The van der Waals surface area contributed by atoms with Gasteiger partial charge in [-0.3, -0.25) is 9.59 Å². The number of carbonyl (C=O) groups excluding carboxylic acids is 1. The molecule has 8 heteroatoms. The molecule has 0 bridgehead atoms. The van der Waals surface area contributed by atoms with Gasteiger partial charge in [0.15, 0.2) is 0 Å². The number of aliphatic carboxylic acids is 1. The summed E-state index contributed by atoms with van der Waals surface area (Å²) in [6, 6.07) is 3.35. The molecule has 0 aliphatic heterocycles. The van der Waals surface area contributed by atoms with Crippen LogP contribution in [-0.4, -0.2) is 25.7 Å². The highest BCUT2D eigenvalue weighted by Crippen LogP contribution is 2.58. The van der Waals surface area contributed by atoms with Gasteiger partial charge in [-0.15, -0.1) is 0 Å². The molecule has 1 saturated carbocycles. The molecular formula is C13H12ClN3O3S. The minimum Gasteiger partial charge on any atom is -0.481 e. The number of amides is 1. The summed E-state index contributed by atoms with van der Waals surface area (Å²) in [4.78, 5) is 23.5. The highest BCUT2D eigenvalue weighted by atomic mass is 35.5. The van der Waals surface area contributed by atoms with E-state index >= 15 is 0 Å². The predicted molar refractivity (Wildman–Crippen MR) is 79.5 cm³/mol. The van der Waals surface area contributed by atoms with Crippen molar-refractivity contribution in [1.29, 1.82) is 0 Å². The van der Waals surface area contributed by atoms with Crippen LogP contribution in [0.3, 0.4) is 0 Å². The molecule has 3 rings (SSSR count). The Morgan fingerprint density at radius 1 is 1.33 bits per heavy atom. The average molecular weight is 326 g/mol. The van der Waals surface area contributed by atoms with Crippen LogP contribution in [0, 0.1) is 17.3 Å². The van der Waals surface area contributed by atoms with Gasteiger partial charge in [0.1, 0.15) is 11.0 Å². The van der Waals surface area contributed by atoms with Crippen LogP contribution >= 0.6 is 23.3 Å². The fourth-order valence-corrected chi connectivity index (χ4v) is 3.48. The van der Waals surface area contributed by atoms with Crippen molar-refractivity contribution in [3.05, 3.63) is 17.2 Å². The van der Waals surface area contributed by atoms with E-state index in [2.05, 4.69) is 14.1 Å². The minimum absolute atomic E-state index is 0.352. The zero-order valence-corrected chi connectivity index (χ0v) is 12.8. The lowest BCUT2D eigenvalue weighted by Crippen LogP contribution is -2.18. The lowest BCUT2D eigenvalue weighted by atomic mass is 10.1. The van der Waals surface area contributed by atoms with Crippen LogP contribution in [0.4, 0.5) is 5.69 Å². The highest BCUT2D eigenvalue weighted by molar-refractivity contribution is 7.00. The molecule has 6 nitrogen and oxygen atoms in total. The van der Waals surface area contributed by atoms with Crippen LogP contribution in [0.5, 0.6) is 0 Å². The third-order valence-corrected chi connectivity index (χ3v) is 4.86. The SMILES string of the molecule is CC1(C)[C@H](C(=O)O)[C@@H]1C(=O)Nc1c(Cl)ccc2nsnc12. The van der Waals surface area contributed by atoms with E-state index in [4.69, 9.17) is 16.7 Å². The van der Waals surface area contributed by atoms with Crippen molar-refractivity contribution in [2.24, 2.45) is 17.3 Å². The number of nitrogens with zero attached hydrogens (tertiary/aromatic N) is 2. The molecule has 2 aromatic rings. The van der Waals surface area contributed by atoms with Gasteiger partial charge in [-0.05, 0) is 17.5 Å². The Balaban J connectivity index is 1.90. The van der Waals surface area contributed by atoms with E-state index < -0.39 is 23.2 Å². The maximum absolute atomic E-state index is 12.3. The van der Waals surface area contributed by atoms with Crippen LogP contribution in [0.1, 0.15) is 13.8 Å². The molecular weight excluding hydrogens is 314 g/mol. The van der Waals surface area contributed by atoms with Crippen molar-refractivity contribution in [3.63, 3.8) is 0 Å². The van der Waals surface area contributed by atoms with Gasteiger partial charge < -0.3 is 10.4 Å². The molecule has 21 heavy (non-hydrogen) atoms. The lowest BCUT2D eigenvalue weighted by molar-refractivity contribution is -0.140. The first-order valence-corrected chi connectivity index (χ1v) is 7.39. The molecule has 1 heterocycles. The van der Waals surface area contributed by atoms with Gasteiger partial charge in [-0.2, -0.15) is 8.75 Å². The number of carboxylic acids is 1. The number of carboxylic acid groups (broad SMARTS) is 1. The van der Waals surface area contributed by atoms with Crippen molar-refractivity contribution in [2.45, 2.75) is 13.8 Å². The third-order valence-electron chi connectivity index (χ3n) is 4.00. The predicted octanol–water partition coefficient (Wildman–Crippen LogP) is 2.64. The number of fused-ring (bicyclic) bond motifs is 1. The summed E-state index contributed by atoms with van der Waals surface area (Å²) in [5, 5.41) is 12.2. The summed E-state index contributed by atoms with van der Waals surface area (Å²) >= 11 is 7.13. The Morgan fingerprint density at radius 2 is 2.05 bits per heavy atom. The van der Waals surface area contributed by atoms with Gasteiger partial charge in [0, 0.05) is 0 Å². The zero-order valence-electron chi connectivity index (χ0n) is 11.3. The number of aromatic nitrogens is 2. The van der Waals surface area contributed by atoms with Crippen LogP contribution in [0.2, 0.25) is 5.02 Å². The van der Waals surface area contributed by atoms with Gasteiger partial charge >= 0.3 is 5.97 Å². The lowest BCUT2D eigenvalue weighted by Gasteiger charge is -2.08. The van der Waals surface area contributed by atoms with Crippen molar-refractivity contribution in [1.82, 2.24) is 8.75 Å². The molecule has 2 N–H and O–H groups in total. The number of hydrogen-bond acceptors (Lipinski definition) is 5. The maximum atomic E-state index is 12.3. The molecule has 0 spiro atoms. The highest BCUT2D eigenvalue weighted by Gasteiger charge is 2.65. The van der Waals surface area contributed by atoms with E-state index in [-0.39, 0.29) is 5.91 Å². The summed E-state index contributed by atoms with van der Waals surface area (Å²) in [6.07, 6.45) is 0. The van der Waals surface area contributed by atoms with Crippen LogP contribution in [-0.2, 0) is 9.59 Å². The van der Waals surface area contributed by atoms with E-state index in [0.29, 0.717) is 21.7 Å². The fraction of sp³-hybridized carbons (Fsp3) is 0.385.